The zero-order valence-corrected chi connectivity index (χ0v) is 14.2. The third kappa shape index (κ3) is 4.27. The molecule has 2 aromatic carbocycles. The summed E-state index contributed by atoms with van der Waals surface area (Å²) in [5.74, 6) is -3.10. The quantitative estimate of drug-likeness (QED) is 0.646. The van der Waals surface area contributed by atoms with Crippen LogP contribution in [0.5, 0.6) is 11.6 Å². The first-order valence-electron chi connectivity index (χ1n) is 7.78. The van der Waals surface area contributed by atoms with Crippen molar-refractivity contribution in [1.82, 2.24) is 9.78 Å². The summed E-state index contributed by atoms with van der Waals surface area (Å²) in [6, 6.07) is 6.64. The summed E-state index contributed by atoms with van der Waals surface area (Å²) in [6.45, 7) is 0. The topological polar surface area (TPSA) is 56.2 Å². The number of carbonyl (C=O) groups is 1. The number of aromatic nitrogens is 2. The summed E-state index contributed by atoms with van der Waals surface area (Å²) in [5, 5.41) is 6.13. The summed E-state index contributed by atoms with van der Waals surface area (Å²) in [7, 11) is 1.47. The summed E-state index contributed by atoms with van der Waals surface area (Å²) in [4.78, 5) is 12.4. The van der Waals surface area contributed by atoms with Crippen LogP contribution >= 0.6 is 0 Å². The average Bonchev–Trinajstić information content (AvgIpc) is 2.97. The van der Waals surface area contributed by atoms with Crippen LogP contribution in [-0.2, 0) is 13.2 Å². The van der Waals surface area contributed by atoms with E-state index in [0.29, 0.717) is 6.07 Å². The molecule has 1 heterocycles. The number of ether oxygens (including phenoxy) is 1. The molecule has 28 heavy (non-hydrogen) atoms. The van der Waals surface area contributed by atoms with Gasteiger partial charge in [-0.3, -0.25) is 9.48 Å². The van der Waals surface area contributed by atoms with E-state index < -0.39 is 29.3 Å². The van der Waals surface area contributed by atoms with Crippen LogP contribution in [-0.4, -0.2) is 15.7 Å². The first-order chi connectivity index (χ1) is 13.1. The molecule has 0 radical (unpaired) electrons. The van der Waals surface area contributed by atoms with Gasteiger partial charge in [-0.15, -0.1) is 5.10 Å². The number of anilines is 1. The van der Waals surface area contributed by atoms with Crippen LogP contribution in [0.15, 0.2) is 48.7 Å². The Hall–Kier alpha value is -3.43. The number of carbonyl (C=O) groups excluding carboxylic acids is 1. The van der Waals surface area contributed by atoms with Gasteiger partial charge in [-0.05, 0) is 30.3 Å². The van der Waals surface area contributed by atoms with Gasteiger partial charge in [0.2, 0.25) is 0 Å². The molecule has 1 amide bonds. The Kier molecular flexibility index (Phi) is 5.04. The van der Waals surface area contributed by atoms with Crippen molar-refractivity contribution in [2.24, 2.45) is 7.05 Å². The minimum Gasteiger partial charge on any atom is -0.437 e. The van der Waals surface area contributed by atoms with Gasteiger partial charge in [0.05, 0.1) is 11.3 Å². The van der Waals surface area contributed by atoms with E-state index in [1.807, 2.05) is 0 Å². The lowest BCUT2D eigenvalue weighted by Gasteiger charge is -2.10. The van der Waals surface area contributed by atoms with E-state index in [0.717, 1.165) is 30.3 Å². The van der Waals surface area contributed by atoms with Crippen molar-refractivity contribution >= 4 is 11.6 Å². The van der Waals surface area contributed by atoms with Crippen molar-refractivity contribution in [3.8, 4) is 11.6 Å². The maximum atomic E-state index is 13.7. The molecule has 1 N–H and O–H groups in total. The summed E-state index contributed by atoms with van der Waals surface area (Å²) < 4.78 is 71.7. The minimum absolute atomic E-state index is 0.149. The van der Waals surface area contributed by atoms with E-state index >= 15 is 0 Å². The molecule has 0 unspecified atom stereocenters. The maximum Gasteiger partial charge on any atom is 0.416 e. The van der Waals surface area contributed by atoms with Gasteiger partial charge in [0.15, 0.2) is 0 Å². The van der Waals surface area contributed by atoms with E-state index in [1.54, 1.807) is 0 Å². The van der Waals surface area contributed by atoms with Crippen molar-refractivity contribution in [3.05, 3.63) is 71.4 Å². The molecule has 0 aliphatic rings. The number of alkyl halides is 3. The van der Waals surface area contributed by atoms with Crippen molar-refractivity contribution < 1.29 is 31.5 Å². The number of benzene rings is 2. The molecule has 0 atom stereocenters. The normalized spacial score (nSPS) is 11.4. The molecule has 5 nitrogen and oxygen atoms in total. The molecule has 0 saturated heterocycles. The molecule has 0 spiro atoms. The largest absolute Gasteiger partial charge is 0.437 e. The Labute approximate surface area is 155 Å². The van der Waals surface area contributed by atoms with Crippen molar-refractivity contribution in [2.75, 3.05) is 5.32 Å². The zero-order chi connectivity index (χ0) is 20.5. The van der Waals surface area contributed by atoms with Gasteiger partial charge in [0.1, 0.15) is 22.9 Å². The van der Waals surface area contributed by atoms with Crippen LogP contribution in [0.4, 0.5) is 27.6 Å². The molecule has 3 rings (SSSR count). The van der Waals surface area contributed by atoms with Crippen LogP contribution in [0.25, 0.3) is 0 Å². The van der Waals surface area contributed by atoms with Gasteiger partial charge in [-0.2, -0.15) is 13.2 Å². The fraction of sp³-hybridized carbons (Fsp3) is 0.111. The predicted molar refractivity (Wildman–Crippen MR) is 89.0 cm³/mol. The molecule has 0 aliphatic carbocycles. The molecule has 3 aromatic rings. The van der Waals surface area contributed by atoms with Gasteiger partial charge < -0.3 is 10.1 Å². The van der Waals surface area contributed by atoms with E-state index in [9.17, 15) is 26.7 Å². The third-order valence-electron chi connectivity index (χ3n) is 3.59. The molecule has 1 aromatic heterocycles. The van der Waals surface area contributed by atoms with Crippen LogP contribution in [0.2, 0.25) is 0 Å². The Morgan fingerprint density at radius 3 is 2.57 bits per heavy atom. The molecule has 0 aliphatic heterocycles. The molecular formula is C18H12F5N3O2. The highest BCUT2D eigenvalue weighted by Crippen LogP contribution is 2.33. The Balaban J connectivity index is 1.86. The van der Waals surface area contributed by atoms with Crippen molar-refractivity contribution in [1.29, 1.82) is 0 Å². The molecule has 0 saturated carbocycles. The average molecular weight is 397 g/mol. The number of nitrogens with zero attached hydrogens (tertiary/aromatic N) is 2. The number of hydrogen-bond acceptors (Lipinski definition) is 3. The fourth-order valence-electron chi connectivity index (χ4n) is 2.33. The minimum atomic E-state index is -4.57. The Morgan fingerprint density at radius 1 is 1.14 bits per heavy atom. The van der Waals surface area contributed by atoms with Gasteiger partial charge in [0.25, 0.3) is 11.8 Å². The summed E-state index contributed by atoms with van der Waals surface area (Å²) in [6.07, 6.45) is -3.32. The third-order valence-corrected chi connectivity index (χ3v) is 3.59. The molecule has 0 bridgehead atoms. The van der Waals surface area contributed by atoms with Gasteiger partial charge in [-0.25, -0.2) is 8.78 Å². The predicted octanol–water partition coefficient (Wildman–Crippen LogP) is 4.76. The first kappa shape index (κ1) is 19.3. The van der Waals surface area contributed by atoms with Crippen LogP contribution in [0.3, 0.4) is 0 Å². The molecular weight excluding hydrogens is 385 g/mol. The maximum absolute atomic E-state index is 13.7. The standard InChI is InChI=1S/C18H12F5N3O2/c1-26-9-13(16(27)24-15-6-5-11(19)8-14(15)20)17(25-26)28-12-4-2-3-10(7-12)18(21,22)23/h2-9H,1H3,(H,24,27). The molecule has 0 fully saturated rings. The molecule has 10 heteroatoms. The van der Waals surface area contributed by atoms with Crippen molar-refractivity contribution in [2.45, 2.75) is 6.18 Å². The number of aryl methyl sites for hydroxylation is 1. The van der Waals surface area contributed by atoms with Crippen LogP contribution in [0, 0.1) is 11.6 Å². The number of nitrogens with one attached hydrogen (secondary N) is 1. The molecule has 146 valence electrons. The monoisotopic (exact) mass is 397 g/mol. The van der Waals surface area contributed by atoms with Crippen LogP contribution < -0.4 is 10.1 Å². The van der Waals surface area contributed by atoms with E-state index in [1.165, 1.54) is 24.0 Å². The number of rotatable bonds is 4. The highest BCUT2D eigenvalue weighted by molar-refractivity contribution is 6.05. The van der Waals surface area contributed by atoms with Gasteiger partial charge >= 0.3 is 6.18 Å². The second-order valence-corrected chi connectivity index (χ2v) is 5.73. The van der Waals surface area contributed by atoms with Crippen LogP contribution in [0.1, 0.15) is 15.9 Å². The lowest BCUT2D eigenvalue weighted by Crippen LogP contribution is -2.13. The summed E-state index contributed by atoms with van der Waals surface area (Å²) >= 11 is 0. The zero-order valence-electron chi connectivity index (χ0n) is 14.2. The lowest BCUT2D eigenvalue weighted by atomic mass is 10.2. The highest BCUT2D eigenvalue weighted by atomic mass is 19.4. The Bertz CT molecular complexity index is 1030. The smallest absolute Gasteiger partial charge is 0.416 e. The summed E-state index contributed by atoms with van der Waals surface area (Å²) in [5.41, 5.74) is -1.36. The van der Waals surface area contributed by atoms with E-state index in [2.05, 4.69) is 10.4 Å². The Morgan fingerprint density at radius 2 is 1.89 bits per heavy atom. The highest BCUT2D eigenvalue weighted by Gasteiger charge is 2.31. The van der Waals surface area contributed by atoms with E-state index in [4.69, 9.17) is 4.74 Å². The number of hydrogen-bond donors (Lipinski definition) is 1. The second-order valence-electron chi connectivity index (χ2n) is 5.73. The number of halogens is 5. The van der Waals surface area contributed by atoms with Gasteiger partial charge in [0, 0.05) is 19.3 Å². The van der Waals surface area contributed by atoms with Crippen molar-refractivity contribution in [3.63, 3.8) is 0 Å². The van der Waals surface area contributed by atoms with E-state index in [-0.39, 0.29) is 22.9 Å². The lowest BCUT2D eigenvalue weighted by molar-refractivity contribution is -0.137. The van der Waals surface area contributed by atoms with Gasteiger partial charge in [-0.1, -0.05) is 6.07 Å². The SMILES string of the molecule is Cn1cc(C(=O)Nc2ccc(F)cc2F)c(Oc2cccc(C(F)(F)F)c2)n1. The second kappa shape index (κ2) is 7.29. The first-order valence-corrected chi connectivity index (χ1v) is 7.78. The fourth-order valence-corrected chi connectivity index (χ4v) is 2.33. The number of amides is 1.